The van der Waals surface area contributed by atoms with Gasteiger partial charge in [0.25, 0.3) is 0 Å². The summed E-state index contributed by atoms with van der Waals surface area (Å²) >= 11 is 0. The van der Waals surface area contributed by atoms with Crippen LogP contribution in [-0.4, -0.2) is 58.8 Å². The minimum absolute atomic E-state index is 0.0282. The maximum atomic E-state index is 13.7. The molecular formula is C20H26F3N7O. The number of rotatable bonds is 3. The van der Waals surface area contributed by atoms with Gasteiger partial charge in [-0.15, -0.1) is 0 Å². The molecule has 2 aliphatic rings. The Labute approximate surface area is 178 Å². The maximum absolute atomic E-state index is 13.7. The number of hydrogen-bond acceptors (Lipinski definition) is 8. The summed E-state index contributed by atoms with van der Waals surface area (Å²) in [5.74, 6) is 0.485. The third-order valence-electron chi connectivity index (χ3n) is 5.50. The van der Waals surface area contributed by atoms with Crippen LogP contribution in [0.5, 0.6) is 0 Å². The molecule has 2 aromatic rings. The van der Waals surface area contributed by atoms with Crippen molar-refractivity contribution in [2.75, 3.05) is 48.3 Å². The molecule has 2 aromatic heterocycles. The van der Waals surface area contributed by atoms with Gasteiger partial charge in [0.05, 0.1) is 23.8 Å². The molecule has 0 saturated carbocycles. The van der Waals surface area contributed by atoms with Crippen molar-refractivity contribution in [3.63, 3.8) is 0 Å². The number of ether oxygens (including phenoxy) is 1. The zero-order valence-corrected chi connectivity index (χ0v) is 17.4. The molecular weight excluding hydrogens is 411 g/mol. The summed E-state index contributed by atoms with van der Waals surface area (Å²) in [6.45, 7) is 5.06. The van der Waals surface area contributed by atoms with E-state index in [9.17, 15) is 13.2 Å². The fraction of sp³-hybridized carbons (Fsp3) is 0.600. The van der Waals surface area contributed by atoms with Crippen molar-refractivity contribution in [1.29, 1.82) is 0 Å². The number of nitrogens with two attached hydrogens (primary N) is 1. The Hall–Kier alpha value is -2.69. The van der Waals surface area contributed by atoms with E-state index >= 15 is 0 Å². The number of halogens is 3. The summed E-state index contributed by atoms with van der Waals surface area (Å²) in [7, 11) is 0. The van der Waals surface area contributed by atoms with E-state index < -0.39 is 11.7 Å². The number of nitrogen functional groups attached to an aromatic ring is 1. The van der Waals surface area contributed by atoms with Gasteiger partial charge in [-0.25, -0.2) is 4.98 Å². The lowest BCUT2D eigenvalue weighted by molar-refractivity contribution is -0.137. The molecule has 0 amide bonds. The highest BCUT2D eigenvalue weighted by atomic mass is 19.4. The first kappa shape index (κ1) is 21.5. The third-order valence-corrected chi connectivity index (χ3v) is 5.50. The van der Waals surface area contributed by atoms with Gasteiger partial charge in [-0.3, -0.25) is 0 Å². The molecule has 0 spiro atoms. The third kappa shape index (κ3) is 4.97. The second kappa shape index (κ2) is 8.81. The van der Waals surface area contributed by atoms with E-state index in [0.717, 1.165) is 51.0 Å². The highest BCUT2D eigenvalue weighted by Gasteiger charge is 2.36. The van der Waals surface area contributed by atoms with Crippen LogP contribution in [0.4, 0.5) is 30.9 Å². The van der Waals surface area contributed by atoms with E-state index in [1.54, 1.807) is 0 Å². The first-order chi connectivity index (χ1) is 14.8. The summed E-state index contributed by atoms with van der Waals surface area (Å²) in [4.78, 5) is 21.3. The molecule has 2 fully saturated rings. The van der Waals surface area contributed by atoms with Crippen LogP contribution in [0.2, 0.25) is 0 Å². The van der Waals surface area contributed by atoms with Crippen molar-refractivity contribution in [3.05, 3.63) is 17.8 Å². The standard InChI is InChI=1S/C20H26F3N7O/c1-13-12-30(8-9-31-13)19-27-17(14-11-25-16(24)10-15(14)20(21,22)23)26-18(28-19)29-6-4-2-3-5-7-29/h10-11,13H,2-9,12H2,1H3,(H2,24,25)/t13-/m1/s1. The lowest BCUT2D eigenvalue weighted by Gasteiger charge is -2.32. The molecule has 4 heterocycles. The first-order valence-corrected chi connectivity index (χ1v) is 10.5. The Morgan fingerprint density at radius 1 is 1.00 bits per heavy atom. The predicted molar refractivity (Wildman–Crippen MR) is 111 cm³/mol. The molecule has 0 bridgehead atoms. The highest BCUT2D eigenvalue weighted by Crippen LogP contribution is 2.37. The minimum Gasteiger partial charge on any atom is -0.384 e. The number of nitrogens with zero attached hydrogens (tertiary/aromatic N) is 6. The Bertz CT molecular complexity index is 896. The molecule has 2 aliphatic heterocycles. The number of aromatic nitrogens is 4. The number of morpholine rings is 1. The number of anilines is 3. The molecule has 0 unspecified atom stereocenters. The van der Waals surface area contributed by atoms with Crippen molar-refractivity contribution < 1.29 is 17.9 Å². The molecule has 2 saturated heterocycles. The summed E-state index contributed by atoms with van der Waals surface area (Å²) in [5.41, 5.74) is 4.42. The van der Waals surface area contributed by atoms with E-state index in [1.165, 1.54) is 0 Å². The smallest absolute Gasteiger partial charge is 0.384 e. The average molecular weight is 437 g/mol. The Balaban J connectivity index is 1.82. The van der Waals surface area contributed by atoms with E-state index in [1.807, 2.05) is 16.7 Å². The molecule has 1 atom stereocenters. The molecule has 0 aliphatic carbocycles. The quantitative estimate of drug-likeness (QED) is 0.783. The molecule has 0 aromatic carbocycles. The van der Waals surface area contributed by atoms with E-state index in [-0.39, 0.29) is 23.3 Å². The topological polar surface area (TPSA) is 93.3 Å². The van der Waals surface area contributed by atoms with Gasteiger partial charge in [0, 0.05) is 32.4 Å². The Morgan fingerprint density at radius 3 is 2.32 bits per heavy atom. The van der Waals surface area contributed by atoms with Gasteiger partial charge in [0.2, 0.25) is 11.9 Å². The zero-order valence-electron chi connectivity index (χ0n) is 17.4. The Kier molecular flexibility index (Phi) is 6.12. The summed E-state index contributed by atoms with van der Waals surface area (Å²) in [5, 5.41) is 0. The van der Waals surface area contributed by atoms with Crippen molar-refractivity contribution in [2.45, 2.75) is 44.9 Å². The van der Waals surface area contributed by atoms with Crippen LogP contribution in [-0.2, 0) is 10.9 Å². The summed E-state index contributed by atoms with van der Waals surface area (Å²) in [6.07, 6.45) is 0.648. The summed E-state index contributed by atoms with van der Waals surface area (Å²) < 4.78 is 46.8. The van der Waals surface area contributed by atoms with Crippen molar-refractivity contribution in [3.8, 4) is 11.4 Å². The van der Waals surface area contributed by atoms with Crippen molar-refractivity contribution in [1.82, 2.24) is 19.9 Å². The van der Waals surface area contributed by atoms with Gasteiger partial charge in [-0.05, 0) is 25.8 Å². The van der Waals surface area contributed by atoms with Crippen LogP contribution >= 0.6 is 0 Å². The minimum atomic E-state index is -4.62. The van der Waals surface area contributed by atoms with Crippen molar-refractivity contribution in [2.24, 2.45) is 0 Å². The normalized spacial score (nSPS) is 20.6. The van der Waals surface area contributed by atoms with Gasteiger partial charge in [-0.1, -0.05) is 12.8 Å². The number of hydrogen-bond donors (Lipinski definition) is 1. The van der Waals surface area contributed by atoms with Crippen LogP contribution < -0.4 is 15.5 Å². The van der Waals surface area contributed by atoms with Crippen LogP contribution in [0.15, 0.2) is 12.3 Å². The lowest BCUT2D eigenvalue weighted by atomic mass is 10.1. The predicted octanol–water partition coefficient (Wildman–Crippen LogP) is 3.14. The number of alkyl halides is 3. The van der Waals surface area contributed by atoms with Gasteiger partial charge in [-0.2, -0.15) is 28.1 Å². The monoisotopic (exact) mass is 437 g/mol. The lowest BCUT2D eigenvalue weighted by Crippen LogP contribution is -2.42. The van der Waals surface area contributed by atoms with Gasteiger partial charge >= 0.3 is 6.18 Å². The summed E-state index contributed by atoms with van der Waals surface area (Å²) in [6, 6.07) is 0.821. The number of pyridine rings is 1. The van der Waals surface area contributed by atoms with Crippen LogP contribution in [0.3, 0.4) is 0 Å². The van der Waals surface area contributed by atoms with Gasteiger partial charge < -0.3 is 20.3 Å². The van der Waals surface area contributed by atoms with Crippen LogP contribution in [0.25, 0.3) is 11.4 Å². The average Bonchev–Trinajstić information content (AvgIpc) is 3.02. The molecule has 11 heteroatoms. The maximum Gasteiger partial charge on any atom is 0.417 e. The fourth-order valence-corrected chi connectivity index (χ4v) is 3.91. The van der Waals surface area contributed by atoms with Crippen molar-refractivity contribution >= 4 is 17.7 Å². The van der Waals surface area contributed by atoms with Crippen LogP contribution in [0, 0.1) is 0 Å². The molecule has 4 rings (SSSR count). The highest BCUT2D eigenvalue weighted by molar-refractivity contribution is 5.64. The first-order valence-electron chi connectivity index (χ1n) is 10.5. The molecule has 8 nitrogen and oxygen atoms in total. The van der Waals surface area contributed by atoms with Crippen LogP contribution in [0.1, 0.15) is 38.2 Å². The van der Waals surface area contributed by atoms with E-state index in [0.29, 0.717) is 31.6 Å². The van der Waals surface area contributed by atoms with Gasteiger partial charge in [0.1, 0.15) is 5.82 Å². The second-order valence-electron chi connectivity index (χ2n) is 7.94. The molecule has 0 radical (unpaired) electrons. The SMILES string of the molecule is C[C@@H]1CN(c2nc(-c3cnc(N)cc3C(F)(F)F)nc(N3CCCCCC3)n2)CCO1. The van der Waals surface area contributed by atoms with E-state index in [4.69, 9.17) is 10.5 Å². The second-order valence-corrected chi connectivity index (χ2v) is 7.94. The zero-order chi connectivity index (χ0) is 22.0. The Morgan fingerprint density at radius 2 is 1.68 bits per heavy atom. The van der Waals surface area contributed by atoms with E-state index in [2.05, 4.69) is 19.9 Å². The fourth-order valence-electron chi connectivity index (χ4n) is 3.91. The molecule has 2 N–H and O–H groups in total. The molecule has 31 heavy (non-hydrogen) atoms. The largest absolute Gasteiger partial charge is 0.417 e. The van der Waals surface area contributed by atoms with Gasteiger partial charge in [0.15, 0.2) is 5.82 Å². The molecule has 168 valence electrons.